The molecule has 0 spiro atoms. The van der Waals surface area contributed by atoms with Crippen LogP contribution in [0.15, 0.2) is 43.0 Å². The number of rotatable bonds is 6. The Kier molecular flexibility index (Phi) is 5.57. The molecule has 1 rings (SSSR count). The lowest BCUT2D eigenvalue weighted by Crippen LogP contribution is -2.46. The molecule has 0 aromatic heterocycles. The summed E-state index contributed by atoms with van der Waals surface area (Å²) in [6, 6.07) is 9.00. The van der Waals surface area contributed by atoms with Crippen molar-refractivity contribution < 1.29 is 14.6 Å². The number of amides is 1. The van der Waals surface area contributed by atoms with Gasteiger partial charge in [0.2, 0.25) is 0 Å². The third kappa shape index (κ3) is 4.75. The van der Waals surface area contributed by atoms with Gasteiger partial charge in [-0.15, -0.1) is 6.58 Å². The fraction of sp³-hybridized carbons (Fsp3) is 0.400. The van der Waals surface area contributed by atoms with Crippen LogP contribution in [0.4, 0.5) is 4.79 Å². The van der Waals surface area contributed by atoms with Crippen molar-refractivity contribution in [2.45, 2.75) is 26.5 Å². The monoisotopic (exact) mass is 263 g/mol. The number of hydrogen-bond acceptors (Lipinski definition) is 3. The number of aliphatic hydroxyl groups excluding tert-OH is 1. The molecule has 4 heteroatoms. The molecule has 1 aromatic carbocycles. The molecule has 0 saturated carbocycles. The van der Waals surface area contributed by atoms with Gasteiger partial charge in [-0.05, 0) is 5.56 Å². The highest BCUT2D eigenvalue weighted by atomic mass is 16.5. The third-order valence-corrected chi connectivity index (χ3v) is 3.11. The van der Waals surface area contributed by atoms with E-state index in [0.29, 0.717) is 0 Å². The second kappa shape index (κ2) is 6.95. The molecular formula is C15H21NO3. The molecular weight excluding hydrogens is 242 g/mol. The minimum atomic E-state index is -0.544. The van der Waals surface area contributed by atoms with Crippen LogP contribution in [0.3, 0.4) is 0 Å². The Morgan fingerprint density at radius 3 is 2.63 bits per heavy atom. The van der Waals surface area contributed by atoms with Crippen molar-refractivity contribution >= 4 is 6.09 Å². The standard InChI is InChI=1S/C15H21NO3/c1-4-15(2,3)13(10-17)16-14(18)19-11-12-8-6-5-7-9-12/h4-9,13,17H,1,10-11H2,2-3H3,(H,16,18)/t13-/m0/s1. The maximum atomic E-state index is 11.7. The van der Waals surface area contributed by atoms with E-state index in [4.69, 9.17) is 4.74 Å². The quantitative estimate of drug-likeness (QED) is 0.775. The van der Waals surface area contributed by atoms with Crippen molar-refractivity contribution in [2.75, 3.05) is 6.61 Å². The summed E-state index contributed by atoms with van der Waals surface area (Å²) in [4.78, 5) is 11.7. The van der Waals surface area contributed by atoms with Gasteiger partial charge < -0.3 is 15.2 Å². The van der Waals surface area contributed by atoms with E-state index in [1.54, 1.807) is 6.08 Å². The van der Waals surface area contributed by atoms with Gasteiger partial charge in [-0.2, -0.15) is 0 Å². The molecule has 0 heterocycles. The third-order valence-electron chi connectivity index (χ3n) is 3.11. The van der Waals surface area contributed by atoms with Crippen molar-refractivity contribution in [1.82, 2.24) is 5.32 Å². The van der Waals surface area contributed by atoms with Gasteiger partial charge in [0.25, 0.3) is 0 Å². The van der Waals surface area contributed by atoms with Crippen LogP contribution in [0.2, 0.25) is 0 Å². The van der Waals surface area contributed by atoms with Crippen LogP contribution in [0, 0.1) is 5.41 Å². The number of hydrogen-bond donors (Lipinski definition) is 2. The summed E-state index contributed by atoms with van der Waals surface area (Å²) in [5.41, 5.74) is 0.515. The molecule has 2 N–H and O–H groups in total. The predicted octanol–water partition coefficient (Wildman–Crippen LogP) is 2.49. The topological polar surface area (TPSA) is 58.6 Å². The zero-order chi connectivity index (χ0) is 14.3. The molecule has 0 aliphatic carbocycles. The maximum absolute atomic E-state index is 11.7. The number of alkyl carbamates (subject to hydrolysis) is 1. The van der Waals surface area contributed by atoms with Gasteiger partial charge in [-0.25, -0.2) is 4.79 Å². The van der Waals surface area contributed by atoms with Crippen molar-refractivity contribution in [1.29, 1.82) is 0 Å². The minimum Gasteiger partial charge on any atom is -0.445 e. The van der Waals surface area contributed by atoms with Crippen LogP contribution in [-0.4, -0.2) is 23.8 Å². The molecule has 1 amide bonds. The number of aliphatic hydroxyl groups is 1. The molecule has 19 heavy (non-hydrogen) atoms. The van der Waals surface area contributed by atoms with Gasteiger partial charge in [-0.1, -0.05) is 50.3 Å². The smallest absolute Gasteiger partial charge is 0.407 e. The molecule has 1 aromatic rings. The molecule has 0 aliphatic rings. The largest absolute Gasteiger partial charge is 0.445 e. The number of carbonyl (C=O) groups excluding carboxylic acids is 1. The first-order valence-electron chi connectivity index (χ1n) is 6.21. The number of nitrogens with one attached hydrogen (secondary N) is 1. The van der Waals surface area contributed by atoms with Gasteiger partial charge in [-0.3, -0.25) is 0 Å². The SMILES string of the molecule is C=CC(C)(C)[C@H](CO)NC(=O)OCc1ccccc1. The normalized spacial score (nSPS) is 12.6. The molecule has 0 unspecified atom stereocenters. The van der Waals surface area contributed by atoms with Crippen LogP contribution in [-0.2, 0) is 11.3 Å². The summed E-state index contributed by atoms with van der Waals surface area (Å²) in [5, 5.41) is 12.0. The van der Waals surface area contributed by atoms with Crippen molar-refractivity contribution in [3.8, 4) is 0 Å². The Morgan fingerprint density at radius 2 is 2.11 bits per heavy atom. The summed E-state index contributed by atoms with van der Waals surface area (Å²) < 4.78 is 5.10. The zero-order valence-electron chi connectivity index (χ0n) is 11.4. The predicted molar refractivity (Wildman–Crippen MR) is 74.6 cm³/mol. The van der Waals surface area contributed by atoms with Crippen LogP contribution >= 0.6 is 0 Å². The summed E-state index contributed by atoms with van der Waals surface area (Å²) in [5.74, 6) is 0. The first-order valence-corrected chi connectivity index (χ1v) is 6.21. The van der Waals surface area contributed by atoms with E-state index >= 15 is 0 Å². The van der Waals surface area contributed by atoms with Gasteiger partial charge in [0.15, 0.2) is 0 Å². The second-order valence-corrected chi connectivity index (χ2v) is 4.97. The van der Waals surface area contributed by atoms with E-state index in [2.05, 4.69) is 11.9 Å². The van der Waals surface area contributed by atoms with Crippen molar-refractivity contribution in [3.05, 3.63) is 48.6 Å². The van der Waals surface area contributed by atoms with Crippen LogP contribution < -0.4 is 5.32 Å². The van der Waals surface area contributed by atoms with Gasteiger partial charge in [0, 0.05) is 5.41 Å². The van der Waals surface area contributed by atoms with E-state index in [0.717, 1.165) is 5.56 Å². The molecule has 0 aliphatic heterocycles. The van der Waals surface area contributed by atoms with Gasteiger partial charge in [0.1, 0.15) is 6.61 Å². The van der Waals surface area contributed by atoms with E-state index < -0.39 is 17.6 Å². The molecule has 0 bridgehead atoms. The molecule has 4 nitrogen and oxygen atoms in total. The Bertz CT molecular complexity index is 415. The Balaban J connectivity index is 2.48. The lowest BCUT2D eigenvalue weighted by Gasteiger charge is -2.30. The number of benzene rings is 1. The highest BCUT2D eigenvalue weighted by molar-refractivity contribution is 5.67. The van der Waals surface area contributed by atoms with Crippen molar-refractivity contribution in [3.63, 3.8) is 0 Å². The fourth-order valence-corrected chi connectivity index (χ4v) is 1.52. The molecule has 0 saturated heterocycles. The van der Waals surface area contributed by atoms with E-state index in [1.807, 2.05) is 44.2 Å². The second-order valence-electron chi connectivity index (χ2n) is 4.97. The lowest BCUT2D eigenvalue weighted by atomic mass is 9.85. The Hall–Kier alpha value is -1.81. The number of ether oxygens (including phenoxy) is 1. The average molecular weight is 263 g/mol. The Labute approximate surface area is 114 Å². The van der Waals surface area contributed by atoms with Crippen molar-refractivity contribution in [2.24, 2.45) is 5.41 Å². The minimum absolute atomic E-state index is 0.167. The molecule has 1 atom stereocenters. The number of carbonyl (C=O) groups is 1. The average Bonchev–Trinajstić information content (AvgIpc) is 2.43. The molecule has 0 radical (unpaired) electrons. The van der Waals surface area contributed by atoms with E-state index in [-0.39, 0.29) is 13.2 Å². The first kappa shape index (κ1) is 15.2. The first-order chi connectivity index (χ1) is 8.99. The summed E-state index contributed by atoms with van der Waals surface area (Å²) >= 11 is 0. The molecule has 104 valence electrons. The fourth-order valence-electron chi connectivity index (χ4n) is 1.52. The lowest BCUT2D eigenvalue weighted by molar-refractivity contribution is 0.115. The summed E-state index contributed by atoms with van der Waals surface area (Å²) in [6.07, 6.45) is 1.16. The maximum Gasteiger partial charge on any atom is 0.407 e. The summed E-state index contributed by atoms with van der Waals surface area (Å²) in [7, 11) is 0. The van der Waals surface area contributed by atoms with Gasteiger partial charge >= 0.3 is 6.09 Å². The van der Waals surface area contributed by atoms with Crippen LogP contribution in [0.25, 0.3) is 0 Å². The van der Waals surface area contributed by atoms with E-state index in [1.165, 1.54) is 0 Å². The highest BCUT2D eigenvalue weighted by Crippen LogP contribution is 2.21. The van der Waals surface area contributed by atoms with Crippen LogP contribution in [0.5, 0.6) is 0 Å². The summed E-state index contributed by atoms with van der Waals surface area (Å²) in [6.45, 7) is 7.51. The molecule has 0 fully saturated rings. The van der Waals surface area contributed by atoms with Gasteiger partial charge in [0.05, 0.1) is 12.6 Å². The van der Waals surface area contributed by atoms with Crippen LogP contribution in [0.1, 0.15) is 19.4 Å². The van der Waals surface area contributed by atoms with E-state index in [9.17, 15) is 9.90 Å². The highest BCUT2D eigenvalue weighted by Gasteiger charge is 2.27. The Morgan fingerprint density at radius 1 is 1.47 bits per heavy atom. The zero-order valence-corrected chi connectivity index (χ0v) is 11.4.